The summed E-state index contributed by atoms with van der Waals surface area (Å²) < 4.78 is 6.24. The summed E-state index contributed by atoms with van der Waals surface area (Å²) in [7, 11) is 0. The van der Waals surface area contributed by atoms with Crippen LogP contribution in [-0.4, -0.2) is 48.1 Å². The molecule has 1 aliphatic rings. The van der Waals surface area contributed by atoms with E-state index in [4.69, 9.17) is 21.3 Å². The number of aromatic nitrogens is 1. The molecule has 0 N–H and O–H groups in total. The molecule has 2 aromatic carbocycles. The number of benzene rings is 2. The molecule has 0 aliphatic carbocycles. The van der Waals surface area contributed by atoms with Gasteiger partial charge in [-0.25, -0.2) is 4.98 Å². The van der Waals surface area contributed by atoms with Crippen molar-refractivity contribution in [1.82, 2.24) is 9.88 Å². The minimum absolute atomic E-state index is 0.169. The number of piperazine rings is 1. The molecule has 5 nitrogen and oxygen atoms in total. The smallest absolute Gasteiger partial charge is 0.310 e. The van der Waals surface area contributed by atoms with Crippen LogP contribution in [0.15, 0.2) is 42.5 Å². The Hall–Kier alpha value is -2.15. The molecule has 1 fully saturated rings. The first-order chi connectivity index (χ1) is 15.9. The van der Waals surface area contributed by atoms with Gasteiger partial charge in [0.25, 0.3) is 0 Å². The van der Waals surface area contributed by atoms with E-state index < -0.39 is 0 Å². The summed E-state index contributed by atoms with van der Waals surface area (Å²) in [4.78, 5) is 21.8. The number of ether oxygens (including phenoxy) is 1. The predicted octanol–water partition coefficient (Wildman–Crippen LogP) is 5.79. The highest BCUT2D eigenvalue weighted by Gasteiger charge is 2.29. The number of carbonyl (C=O) groups excluding carboxylic acids is 1. The monoisotopic (exact) mass is 485 g/mol. The lowest BCUT2D eigenvalue weighted by Gasteiger charge is -2.42. The maximum absolute atomic E-state index is 11.9. The van der Waals surface area contributed by atoms with Gasteiger partial charge in [0.15, 0.2) is 5.13 Å². The largest absolute Gasteiger partial charge is 0.466 e. The number of rotatable bonds is 8. The molecule has 3 aromatic rings. The maximum Gasteiger partial charge on any atom is 0.310 e. The van der Waals surface area contributed by atoms with Gasteiger partial charge >= 0.3 is 5.97 Å². The highest BCUT2D eigenvalue weighted by molar-refractivity contribution is 7.22. The molecule has 0 spiro atoms. The molecule has 176 valence electrons. The molecule has 7 heteroatoms. The van der Waals surface area contributed by atoms with Crippen LogP contribution in [0.1, 0.15) is 38.3 Å². The van der Waals surface area contributed by atoms with Crippen LogP contribution in [0.25, 0.3) is 10.2 Å². The zero-order valence-electron chi connectivity index (χ0n) is 19.6. The Balaban J connectivity index is 1.46. The molecular weight excluding hydrogens is 454 g/mol. The van der Waals surface area contributed by atoms with Crippen LogP contribution in [-0.2, 0) is 22.5 Å². The van der Waals surface area contributed by atoms with Gasteiger partial charge in [-0.2, -0.15) is 0 Å². The number of fused-ring (bicyclic) bond motifs is 1. The fraction of sp³-hybridized carbons (Fsp3) is 0.462. The summed E-state index contributed by atoms with van der Waals surface area (Å²) in [5.41, 5.74) is 3.27. The van der Waals surface area contributed by atoms with E-state index in [1.807, 2.05) is 37.3 Å². The number of anilines is 1. The number of esters is 1. The Kier molecular flexibility index (Phi) is 7.89. The molecule has 0 amide bonds. The Bertz CT molecular complexity index is 1100. The van der Waals surface area contributed by atoms with Crippen LogP contribution >= 0.6 is 22.9 Å². The first kappa shape index (κ1) is 24.0. The standard InChI is InChI=1S/C26H32ClN3O2S/c1-4-32-25(31)14-19-6-5-7-20(13-19)16-29-10-11-30(22(17-29)12-18(2)3)26-28-23-9-8-21(27)15-24(23)33-26/h5-9,13,15,18,22H,4,10-12,14,16-17H2,1-3H3/t22-/m1/s1. The van der Waals surface area contributed by atoms with Crippen LogP contribution in [0.4, 0.5) is 5.13 Å². The Morgan fingerprint density at radius 1 is 1.21 bits per heavy atom. The van der Waals surface area contributed by atoms with Crippen molar-refractivity contribution in [2.75, 3.05) is 31.1 Å². The molecule has 1 saturated heterocycles. The van der Waals surface area contributed by atoms with Crippen molar-refractivity contribution < 1.29 is 9.53 Å². The van der Waals surface area contributed by atoms with E-state index in [9.17, 15) is 4.79 Å². The molecule has 4 rings (SSSR count). The van der Waals surface area contributed by atoms with E-state index in [1.54, 1.807) is 11.3 Å². The average molecular weight is 486 g/mol. The number of halogens is 1. The van der Waals surface area contributed by atoms with Gasteiger partial charge < -0.3 is 9.64 Å². The second-order valence-corrected chi connectivity index (χ2v) is 10.6. The van der Waals surface area contributed by atoms with E-state index >= 15 is 0 Å². The molecule has 1 aliphatic heterocycles. The average Bonchev–Trinajstić information content (AvgIpc) is 3.17. The number of hydrogen-bond donors (Lipinski definition) is 0. The van der Waals surface area contributed by atoms with Crippen molar-refractivity contribution in [3.05, 3.63) is 58.6 Å². The lowest BCUT2D eigenvalue weighted by molar-refractivity contribution is -0.142. The molecule has 0 radical (unpaired) electrons. The van der Waals surface area contributed by atoms with Crippen LogP contribution in [0.2, 0.25) is 5.02 Å². The highest BCUT2D eigenvalue weighted by Crippen LogP contribution is 2.34. The SMILES string of the molecule is CCOC(=O)Cc1cccc(CN2CCN(c3nc4ccc(Cl)cc4s3)[C@H](CC(C)C)C2)c1. The number of hydrogen-bond acceptors (Lipinski definition) is 6. The molecule has 0 unspecified atom stereocenters. The van der Waals surface area contributed by atoms with Crippen LogP contribution in [0.3, 0.4) is 0 Å². The van der Waals surface area contributed by atoms with Crippen molar-refractivity contribution in [3.63, 3.8) is 0 Å². The first-order valence-electron chi connectivity index (χ1n) is 11.7. The third kappa shape index (κ3) is 6.25. The van der Waals surface area contributed by atoms with Gasteiger partial charge in [-0.15, -0.1) is 0 Å². The van der Waals surface area contributed by atoms with E-state index in [-0.39, 0.29) is 5.97 Å². The van der Waals surface area contributed by atoms with E-state index in [0.29, 0.717) is 25.0 Å². The third-order valence-electron chi connectivity index (χ3n) is 5.95. The van der Waals surface area contributed by atoms with Crippen molar-refractivity contribution >= 4 is 44.3 Å². The normalized spacial score (nSPS) is 17.1. The summed E-state index contributed by atoms with van der Waals surface area (Å²) in [5.74, 6) is 0.437. The minimum Gasteiger partial charge on any atom is -0.466 e. The molecule has 0 bridgehead atoms. The van der Waals surface area contributed by atoms with Crippen LogP contribution in [0, 0.1) is 5.92 Å². The Morgan fingerprint density at radius 2 is 2.03 bits per heavy atom. The Morgan fingerprint density at radius 3 is 2.82 bits per heavy atom. The quantitative estimate of drug-likeness (QED) is 0.378. The lowest BCUT2D eigenvalue weighted by atomic mass is 9.99. The number of carbonyl (C=O) groups is 1. The molecule has 2 heterocycles. The summed E-state index contributed by atoms with van der Waals surface area (Å²) in [5, 5.41) is 1.85. The van der Waals surface area contributed by atoms with Gasteiger partial charge in [0.2, 0.25) is 0 Å². The van der Waals surface area contributed by atoms with Crippen molar-refractivity contribution in [1.29, 1.82) is 0 Å². The molecular formula is C26H32ClN3O2S. The molecule has 0 saturated carbocycles. The topological polar surface area (TPSA) is 45.7 Å². The van der Waals surface area contributed by atoms with Gasteiger partial charge in [-0.3, -0.25) is 9.69 Å². The summed E-state index contributed by atoms with van der Waals surface area (Å²) in [6, 6.07) is 14.7. The number of nitrogens with zero attached hydrogens (tertiary/aromatic N) is 3. The number of thiazole rings is 1. The Labute approximate surface area is 205 Å². The third-order valence-corrected chi connectivity index (χ3v) is 7.24. The van der Waals surface area contributed by atoms with Gasteiger partial charge in [-0.05, 0) is 48.6 Å². The minimum atomic E-state index is -0.169. The summed E-state index contributed by atoms with van der Waals surface area (Å²) in [6.07, 6.45) is 1.45. The maximum atomic E-state index is 11.9. The van der Waals surface area contributed by atoms with Crippen molar-refractivity contribution in [3.8, 4) is 0 Å². The molecule has 33 heavy (non-hydrogen) atoms. The van der Waals surface area contributed by atoms with Gasteiger partial charge in [0.1, 0.15) is 0 Å². The fourth-order valence-corrected chi connectivity index (χ4v) is 5.88. The predicted molar refractivity (Wildman–Crippen MR) is 137 cm³/mol. The highest BCUT2D eigenvalue weighted by atomic mass is 35.5. The zero-order valence-corrected chi connectivity index (χ0v) is 21.2. The van der Waals surface area contributed by atoms with Gasteiger partial charge in [-0.1, -0.05) is 61.1 Å². The van der Waals surface area contributed by atoms with E-state index in [1.165, 1.54) is 5.56 Å². The fourth-order valence-electron chi connectivity index (χ4n) is 4.54. The van der Waals surface area contributed by atoms with E-state index in [0.717, 1.165) is 58.5 Å². The molecule has 1 atom stereocenters. The van der Waals surface area contributed by atoms with Gasteiger partial charge in [0.05, 0.1) is 23.2 Å². The van der Waals surface area contributed by atoms with Crippen LogP contribution in [0.5, 0.6) is 0 Å². The second-order valence-electron chi connectivity index (χ2n) is 9.12. The van der Waals surface area contributed by atoms with E-state index in [2.05, 4.69) is 35.8 Å². The zero-order chi connectivity index (χ0) is 23.4. The summed E-state index contributed by atoms with van der Waals surface area (Å²) in [6.45, 7) is 10.6. The van der Waals surface area contributed by atoms with Crippen LogP contribution < -0.4 is 4.90 Å². The van der Waals surface area contributed by atoms with Crippen molar-refractivity contribution in [2.24, 2.45) is 5.92 Å². The second kappa shape index (κ2) is 10.9. The van der Waals surface area contributed by atoms with Gasteiger partial charge in [0, 0.05) is 37.2 Å². The van der Waals surface area contributed by atoms with Crippen molar-refractivity contribution in [2.45, 2.75) is 46.2 Å². The first-order valence-corrected chi connectivity index (χ1v) is 12.9. The molecule has 1 aromatic heterocycles. The lowest BCUT2D eigenvalue weighted by Crippen LogP contribution is -2.53. The summed E-state index contributed by atoms with van der Waals surface area (Å²) >= 11 is 7.93.